The van der Waals surface area contributed by atoms with Crippen molar-refractivity contribution in [2.45, 2.75) is 64.8 Å². The fourth-order valence-corrected chi connectivity index (χ4v) is 1.68. The van der Waals surface area contributed by atoms with Crippen LogP contribution in [0.3, 0.4) is 0 Å². The van der Waals surface area contributed by atoms with Crippen molar-refractivity contribution >= 4 is 5.78 Å². The van der Waals surface area contributed by atoms with Crippen molar-refractivity contribution in [2.75, 3.05) is 7.05 Å². The minimum absolute atomic E-state index is 0.0844. The zero-order chi connectivity index (χ0) is 10.8. The van der Waals surface area contributed by atoms with E-state index >= 15 is 0 Å². The summed E-state index contributed by atoms with van der Waals surface area (Å²) in [7, 11) is 1.86. The molecule has 84 valence electrons. The van der Waals surface area contributed by atoms with Crippen molar-refractivity contribution in [3.8, 4) is 0 Å². The van der Waals surface area contributed by atoms with Gasteiger partial charge in [0.05, 0.1) is 6.04 Å². The Balaban J connectivity index is 3.29. The Morgan fingerprint density at radius 2 is 1.71 bits per heavy atom. The molecule has 14 heavy (non-hydrogen) atoms. The third kappa shape index (κ3) is 7.07. The van der Waals surface area contributed by atoms with Crippen LogP contribution in [0.1, 0.15) is 58.8 Å². The van der Waals surface area contributed by atoms with Crippen LogP contribution >= 0.6 is 0 Å². The van der Waals surface area contributed by atoms with Gasteiger partial charge in [0, 0.05) is 0 Å². The second-order valence-corrected chi connectivity index (χ2v) is 4.01. The predicted octanol–water partition coefficient (Wildman–Crippen LogP) is 2.91. The molecule has 2 heteroatoms. The SMILES string of the molecule is CCCCCCCC[C@H](NC)C(C)=O. The van der Waals surface area contributed by atoms with E-state index in [4.69, 9.17) is 0 Å². The zero-order valence-electron chi connectivity index (χ0n) is 9.94. The van der Waals surface area contributed by atoms with E-state index in [1.54, 1.807) is 6.92 Å². The Morgan fingerprint density at radius 1 is 1.14 bits per heavy atom. The van der Waals surface area contributed by atoms with Crippen LogP contribution < -0.4 is 5.32 Å². The molecule has 0 saturated heterocycles. The second-order valence-electron chi connectivity index (χ2n) is 4.01. The average Bonchev–Trinajstić information content (AvgIpc) is 2.16. The Bertz CT molecular complexity index is 145. The standard InChI is InChI=1S/C12H25NO/c1-4-5-6-7-8-9-10-12(13-3)11(2)14/h12-13H,4-10H2,1-3H3/t12-/m0/s1. The van der Waals surface area contributed by atoms with Crippen LogP contribution in [0.15, 0.2) is 0 Å². The van der Waals surface area contributed by atoms with Gasteiger partial charge in [0.15, 0.2) is 0 Å². The first-order chi connectivity index (χ1) is 6.72. The molecule has 0 unspecified atom stereocenters. The van der Waals surface area contributed by atoms with Gasteiger partial charge in [0.25, 0.3) is 0 Å². The zero-order valence-corrected chi connectivity index (χ0v) is 9.94. The number of carbonyl (C=O) groups is 1. The van der Waals surface area contributed by atoms with Crippen molar-refractivity contribution < 1.29 is 4.79 Å². The molecular weight excluding hydrogens is 174 g/mol. The summed E-state index contributed by atoms with van der Waals surface area (Å²) < 4.78 is 0. The van der Waals surface area contributed by atoms with Crippen molar-refractivity contribution in [3.63, 3.8) is 0 Å². The molecule has 0 aliphatic carbocycles. The number of carbonyl (C=O) groups excluding carboxylic acids is 1. The van der Waals surface area contributed by atoms with Crippen molar-refractivity contribution in [2.24, 2.45) is 0 Å². The molecule has 0 aromatic heterocycles. The largest absolute Gasteiger partial charge is 0.311 e. The molecule has 0 bridgehead atoms. The molecule has 0 amide bonds. The first-order valence-corrected chi connectivity index (χ1v) is 5.90. The van der Waals surface area contributed by atoms with E-state index in [0.717, 1.165) is 6.42 Å². The topological polar surface area (TPSA) is 29.1 Å². The van der Waals surface area contributed by atoms with Gasteiger partial charge in [-0.2, -0.15) is 0 Å². The Morgan fingerprint density at radius 3 is 2.21 bits per heavy atom. The number of likely N-dealkylation sites (N-methyl/N-ethyl adjacent to an activating group) is 1. The van der Waals surface area contributed by atoms with E-state index in [1.807, 2.05) is 7.05 Å². The van der Waals surface area contributed by atoms with Gasteiger partial charge >= 0.3 is 0 Å². The minimum atomic E-state index is 0.0844. The number of Topliss-reactive ketones (excluding diaryl/α,β-unsaturated/α-hetero) is 1. The van der Waals surface area contributed by atoms with E-state index in [1.165, 1.54) is 38.5 Å². The highest BCUT2D eigenvalue weighted by atomic mass is 16.1. The third-order valence-corrected chi connectivity index (χ3v) is 2.69. The van der Waals surface area contributed by atoms with Gasteiger partial charge in [-0.15, -0.1) is 0 Å². The second kappa shape index (κ2) is 9.20. The molecular formula is C12H25NO. The maximum atomic E-state index is 11.1. The molecule has 0 aliphatic heterocycles. The molecule has 0 fully saturated rings. The number of nitrogens with one attached hydrogen (secondary N) is 1. The number of unbranched alkanes of at least 4 members (excludes halogenated alkanes) is 5. The molecule has 2 nitrogen and oxygen atoms in total. The van der Waals surface area contributed by atoms with Gasteiger partial charge in [-0.25, -0.2) is 0 Å². The van der Waals surface area contributed by atoms with Crippen LogP contribution in [0.2, 0.25) is 0 Å². The third-order valence-electron chi connectivity index (χ3n) is 2.69. The monoisotopic (exact) mass is 199 g/mol. The van der Waals surface area contributed by atoms with Gasteiger partial charge in [-0.3, -0.25) is 4.79 Å². The molecule has 1 atom stereocenters. The minimum Gasteiger partial charge on any atom is -0.311 e. The molecule has 0 aliphatic rings. The smallest absolute Gasteiger partial charge is 0.146 e. The van der Waals surface area contributed by atoms with Crippen LogP contribution in [0.25, 0.3) is 0 Å². The Labute approximate surface area is 88.5 Å². The highest BCUT2D eigenvalue weighted by Crippen LogP contribution is 2.08. The van der Waals surface area contributed by atoms with Crippen molar-refractivity contribution in [1.82, 2.24) is 5.32 Å². The number of hydrogen-bond donors (Lipinski definition) is 1. The summed E-state index contributed by atoms with van der Waals surface area (Å²) in [6, 6.07) is 0.0844. The maximum Gasteiger partial charge on any atom is 0.146 e. The fraction of sp³-hybridized carbons (Fsp3) is 0.917. The highest BCUT2D eigenvalue weighted by Gasteiger charge is 2.09. The summed E-state index contributed by atoms with van der Waals surface area (Å²) in [5.74, 6) is 0.265. The number of rotatable bonds is 9. The van der Waals surface area contributed by atoms with E-state index in [2.05, 4.69) is 12.2 Å². The van der Waals surface area contributed by atoms with E-state index < -0.39 is 0 Å². The molecule has 0 aromatic rings. The molecule has 0 saturated carbocycles. The lowest BCUT2D eigenvalue weighted by Crippen LogP contribution is -2.31. The summed E-state index contributed by atoms with van der Waals surface area (Å²) in [6.45, 7) is 3.89. The Kier molecular flexibility index (Phi) is 8.95. The maximum absolute atomic E-state index is 11.1. The first-order valence-electron chi connectivity index (χ1n) is 5.90. The van der Waals surface area contributed by atoms with Gasteiger partial charge in [-0.1, -0.05) is 45.4 Å². The van der Waals surface area contributed by atoms with Crippen molar-refractivity contribution in [1.29, 1.82) is 0 Å². The summed E-state index contributed by atoms with van der Waals surface area (Å²) >= 11 is 0. The van der Waals surface area contributed by atoms with Crippen LogP contribution in [-0.2, 0) is 4.79 Å². The summed E-state index contributed by atoms with van der Waals surface area (Å²) in [5.41, 5.74) is 0. The first kappa shape index (κ1) is 13.6. The van der Waals surface area contributed by atoms with E-state index in [0.29, 0.717) is 0 Å². The molecule has 1 N–H and O–H groups in total. The summed E-state index contributed by atoms with van der Waals surface area (Å²) in [4.78, 5) is 11.1. The lowest BCUT2D eigenvalue weighted by Gasteiger charge is -2.11. The fourth-order valence-electron chi connectivity index (χ4n) is 1.68. The molecule has 0 aromatic carbocycles. The Hall–Kier alpha value is -0.370. The van der Waals surface area contributed by atoms with Crippen molar-refractivity contribution in [3.05, 3.63) is 0 Å². The lowest BCUT2D eigenvalue weighted by atomic mass is 10.0. The van der Waals surface area contributed by atoms with Gasteiger partial charge < -0.3 is 5.32 Å². The normalized spacial score (nSPS) is 12.8. The van der Waals surface area contributed by atoms with Gasteiger partial charge in [0.1, 0.15) is 5.78 Å². The molecule has 0 radical (unpaired) electrons. The van der Waals surface area contributed by atoms with Gasteiger partial charge in [-0.05, 0) is 20.4 Å². The predicted molar refractivity (Wildman–Crippen MR) is 61.5 cm³/mol. The molecule has 0 spiro atoms. The van der Waals surface area contributed by atoms with E-state index in [9.17, 15) is 4.79 Å². The summed E-state index contributed by atoms with van der Waals surface area (Å²) in [6.07, 6.45) is 8.76. The lowest BCUT2D eigenvalue weighted by molar-refractivity contribution is -0.119. The van der Waals surface area contributed by atoms with Crippen LogP contribution in [0.5, 0.6) is 0 Å². The van der Waals surface area contributed by atoms with E-state index in [-0.39, 0.29) is 11.8 Å². The molecule has 0 rings (SSSR count). The number of ketones is 1. The average molecular weight is 199 g/mol. The van der Waals surface area contributed by atoms with Crippen LogP contribution in [0, 0.1) is 0 Å². The van der Waals surface area contributed by atoms with Crippen LogP contribution in [-0.4, -0.2) is 18.9 Å². The molecule has 0 heterocycles. The van der Waals surface area contributed by atoms with Gasteiger partial charge in [0.2, 0.25) is 0 Å². The summed E-state index contributed by atoms with van der Waals surface area (Å²) in [5, 5.41) is 3.05. The van der Waals surface area contributed by atoms with Crippen LogP contribution in [0.4, 0.5) is 0 Å². The quantitative estimate of drug-likeness (QED) is 0.578. The number of hydrogen-bond acceptors (Lipinski definition) is 2. The highest BCUT2D eigenvalue weighted by molar-refractivity contribution is 5.81.